The van der Waals surface area contributed by atoms with Gasteiger partial charge in [-0.05, 0) is 12.1 Å². The summed E-state index contributed by atoms with van der Waals surface area (Å²) in [5.74, 6) is -0.338. The van der Waals surface area contributed by atoms with Gasteiger partial charge in [-0.3, -0.25) is 4.90 Å². The van der Waals surface area contributed by atoms with Crippen LogP contribution in [0.4, 0.5) is 0 Å². The molecule has 0 aromatic carbocycles. The fraction of sp³-hybridized carbons (Fsp3) is 0.429. The van der Waals surface area contributed by atoms with Gasteiger partial charge in [-0.2, -0.15) is 0 Å². The zero-order valence-corrected chi connectivity index (χ0v) is 11.4. The summed E-state index contributed by atoms with van der Waals surface area (Å²) < 4.78 is 11.9. The lowest BCUT2D eigenvalue weighted by molar-refractivity contribution is 0.0337. The zero-order valence-electron chi connectivity index (χ0n) is 11.4. The normalized spacial score (nSPS) is 16.4. The van der Waals surface area contributed by atoms with E-state index in [1.165, 1.54) is 7.11 Å². The van der Waals surface area contributed by atoms with E-state index in [0.717, 1.165) is 44.2 Å². The van der Waals surface area contributed by atoms with Crippen LogP contribution < -0.4 is 0 Å². The summed E-state index contributed by atoms with van der Waals surface area (Å²) in [4.78, 5) is 18.4. The Morgan fingerprint density at radius 1 is 1.35 bits per heavy atom. The molecule has 0 amide bonds. The molecule has 1 aliphatic rings. The lowest BCUT2D eigenvalue weighted by Gasteiger charge is -2.25. The van der Waals surface area contributed by atoms with E-state index in [4.69, 9.17) is 9.47 Å². The van der Waals surface area contributed by atoms with Gasteiger partial charge in [-0.1, -0.05) is 0 Å². The van der Waals surface area contributed by atoms with Crippen molar-refractivity contribution in [2.45, 2.75) is 6.54 Å². The van der Waals surface area contributed by atoms with Gasteiger partial charge < -0.3 is 13.9 Å². The topological polar surface area (TPSA) is 56.1 Å². The quantitative estimate of drug-likeness (QED) is 0.781. The zero-order chi connectivity index (χ0) is 13.9. The van der Waals surface area contributed by atoms with Crippen molar-refractivity contribution in [3.8, 4) is 0 Å². The lowest BCUT2D eigenvalue weighted by Crippen LogP contribution is -2.35. The number of morpholine rings is 1. The van der Waals surface area contributed by atoms with Crippen molar-refractivity contribution < 1.29 is 14.3 Å². The molecule has 6 heteroatoms. The lowest BCUT2D eigenvalue weighted by atomic mass is 10.3. The van der Waals surface area contributed by atoms with Crippen molar-refractivity contribution in [2.75, 3.05) is 33.4 Å². The van der Waals surface area contributed by atoms with Crippen LogP contribution in [0.3, 0.4) is 0 Å². The van der Waals surface area contributed by atoms with Crippen LogP contribution in [0.5, 0.6) is 0 Å². The van der Waals surface area contributed by atoms with Crippen LogP contribution >= 0.6 is 0 Å². The number of aromatic nitrogens is 2. The predicted molar refractivity (Wildman–Crippen MR) is 72.6 cm³/mol. The maximum atomic E-state index is 11.5. The predicted octanol–water partition coefficient (Wildman–Crippen LogP) is 0.953. The molecule has 3 heterocycles. The first-order valence-electron chi connectivity index (χ1n) is 6.62. The van der Waals surface area contributed by atoms with Crippen LogP contribution in [0, 0.1) is 0 Å². The maximum absolute atomic E-state index is 11.5. The number of rotatable bonds is 3. The Labute approximate surface area is 116 Å². The minimum atomic E-state index is -0.338. The molecule has 0 atom stereocenters. The SMILES string of the molecule is COC(=O)c1ccc2nc(CN3CCOCC3)cn2c1. The third kappa shape index (κ3) is 2.66. The highest BCUT2D eigenvalue weighted by Crippen LogP contribution is 2.11. The standard InChI is InChI=1S/C14H17N3O3/c1-19-14(18)11-2-3-13-15-12(10-17(13)8-11)9-16-4-6-20-7-5-16/h2-3,8,10H,4-7,9H2,1H3. The van der Waals surface area contributed by atoms with Crippen molar-refractivity contribution in [2.24, 2.45) is 0 Å². The van der Waals surface area contributed by atoms with E-state index in [9.17, 15) is 4.79 Å². The van der Waals surface area contributed by atoms with E-state index in [2.05, 4.69) is 9.88 Å². The van der Waals surface area contributed by atoms with E-state index in [1.54, 1.807) is 12.3 Å². The van der Waals surface area contributed by atoms with Crippen molar-refractivity contribution in [3.05, 3.63) is 35.8 Å². The monoisotopic (exact) mass is 275 g/mol. The average Bonchev–Trinajstić information content (AvgIpc) is 2.88. The number of hydrogen-bond acceptors (Lipinski definition) is 5. The van der Waals surface area contributed by atoms with Crippen molar-refractivity contribution >= 4 is 11.6 Å². The second-order valence-electron chi connectivity index (χ2n) is 4.80. The van der Waals surface area contributed by atoms with Gasteiger partial charge in [0.2, 0.25) is 0 Å². The van der Waals surface area contributed by atoms with Crippen LogP contribution in [0.25, 0.3) is 5.65 Å². The second-order valence-corrected chi connectivity index (χ2v) is 4.80. The van der Waals surface area contributed by atoms with Gasteiger partial charge in [-0.15, -0.1) is 0 Å². The molecule has 0 bridgehead atoms. The van der Waals surface area contributed by atoms with Crippen molar-refractivity contribution in [3.63, 3.8) is 0 Å². The van der Waals surface area contributed by atoms with E-state index >= 15 is 0 Å². The first-order valence-corrected chi connectivity index (χ1v) is 6.62. The van der Waals surface area contributed by atoms with Gasteiger partial charge >= 0.3 is 5.97 Å². The highest BCUT2D eigenvalue weighted by molar-refractivity contribution is 5.89. The Hall–Kier alpha value is -1.92. The molecular formula is C14H17N3O3. The fourth-order valence-electron chi connectivity index (χ4n) is 2.35. The number of nitrogens with zero attached hydrogens (tertiary/aromatic N) is 3. The van der Waals surface area contributed by atoms with Gasteiger partial charge in [0.1, 0.15) is 5.65 Å². The molecule has 20 heavy (non-hydrogen) atoms. The molecule has 0 N–H and O–H groups in total. The van der Waals surface area contributed by atoms with Crippen molar-refractivity contribution in [1.82, 2.24) is 14.3 Å². The third-order valence-corrected chi connectivity index (χ3v) is 3.41. The number of fused-ring (bicyclic) bond motifs is 1. The molecule has 3 rings (SSSR count). The molecule has 0 spiro atoms. The number of esters is 1. The number of ether oxygens (including phenoxy) is 2. The molecule has 106 valence electrons. The van der Waals surface area contributed by atoms with E-state index in [-0.39, 0.29) is 5.97 Å². The van der Waals surface area contributed by atoms with Gasteiger partial charge in [0, 0.05) is 32.0 Å². The summed E-state index contributed by atoms with van der Waals surface area (Å²) in [6, 6.07) is 3.56. The molecule has 2 aromatic heterocycles. The van der Waals surface area contributed by atoms with Crippen LogP contribution in [0.1, 0.15) is 16.1 Å². The number of carbonyl (C=O) groups is 1. The Morgan fingerprint density at radius 3 is 2.90 bits per heavy atom. The summed E-state index contributed by atoms with van der Waals surface area (Å²) in [6.45, 7) is 4.22. The number of pyridine rings is 1. The summed E-state index contributed by atoms with van der Waals surface area (Å²) in [5, 5.41) is 0. The number of hydrogen-bond donors (Lipinski definition) is 0. The van der Waals surface area contributed by atoms with Crippen LogP contribution in [-0.4, -0.2) is 53.7 Å². The molecule has 1 fully saturated rings. The summed E-state index contributed by atoms with van der Waals surface area (Å²) >= 11 is 0. The molecular weight excluding hydrogens is 258 g/mol. The van der Waals surface area contributed by atoms with E-state index in [1.807, 2.05) is 16.7 Å². The number of carbonyl (C=O) groups excluding carboxylic acids is 1. The fourth-order valence-corrected chi connectivity index (χ4v) is 2.35. The minimum Gasteiger partial charge on any atom is -0.465 e. The molecule has 6 nitrogen and oxygen atoms in total. The molecule has 0 aliphatic carbocycles. The first kappa shape index (κ1) is 13.1. The Balaban J connectivity index is 1.81. The highest BCUT2D eigenvalue weighted by atomic mass is 16.5. The Morgan fingerprint density at radius 2 is 2.15 bits per heavy atom. The highest BCUT2D eigenvalue weighted by Gasteiger charge is 2.13. The molecule has 2 aromatic rings. The molecule has 1 saturated heterocycles. The number of methoxy groups -OCH3 is 1. The molecule has 0 saturated carbocycles. The molecule has 0 radical (unpaired) electrons. The number of imidazole rings is 1. The molecule has 1 aliphatic heterocycles. The summed E-state index contributed by atoms with van der Waals surface area (Å²) in [5.41, 5.74) is 2.35. The average molecular weight is 275 g/mol. The Kier molecular flexibility index (Phi) is 3.66. The van der Waals surface area contributed by atoms with Gasteiger partial charge in [0.25, 0.3) is 0 Å². The van der Waals surface area contributed by atoms with Gasteiger partial charge in [0.05, 0.1) is 31.6 Å². The maximum Gasteiger partial charge on any atom is 0.339 e. The second kappa shape index (κ2) is 5.60. The van der Waals surface area contributed by atoms with Crippen LogP contribution in [0.15, 0.2) is 24.5 Å². The van der Waals surface area contributed by atoms with Crippen LogP contribution in [0.2, 0.25) is 0 Å². The third-order valence-electron chi connectivity index (χ3n) is 3.41. The first-order chi connectivity index (χ1) is 9.76. The van der Waals surface area contributed by atoms with E-state index < -0.39 is 0 Å². The largest absolute Gasteiger partial charge is 0.465 e. The van der Waals surface area contributed by atoms with E-state index in [0.29, 0.717) is 5.56 Å². The van der Waals surface area contributed by atoms with Gasteiger partial charge in [-0.25, -0.2) is 9.78 Å². The Bertz CT molecular complexity index is 617. The van der Waals surface area contributed by atoms with Crippen LogP contribution in [-0.2, 0) is 16.0 Å². The summed E-state index contributed by atoms with van der Waals surface area (Å²) in [7, 11) is 1.38. The van der Waals surface area contributed by atoms with Crippen molar-refractivity contribution in [1.29, 1.82) is 0 Å². The minimum absolute atomic E-state index is 0.338. The smallest absolute Gasteiger partial charge is 0.339 e. The molecule has 0 unspecified atom stereocenters. The summed E-state index contributed by atoms with van der Waals surface area (Å²) in [6.07, 6.45) is 3.70. The van der Waals surface area contributed by atoms with Gasteiger partial charge in [0.15, 0.2) is 0 Å².